The van der Waals surface area contributed by atoms with Crippen LogP contribution in [0.4, 0.5) is 0 Å². The zero-order valence-electron chi connectivity index (χ0n) is 15.2. The second-order valence-electron chi connectivity index (χ2n) is 6.68. The van der Waals surface area contributed by atoms with Crippen LogP contribution < -0.4 is 11.1 Å². The zero-order valence-corrected chi connectivity index (χ0v) is 16.0. The molecule has 158 valence electrons. The Kier molecular flexibility index (Phi) is 7.76. The smallest absolute Gasteiger partial charge is 0.327 e. The Morgan fingerprint density at radius 2 is 1.75 bits per heavy atom. The molecule has 2 aliphatic heterocycles. The highest BCUT2D eigenvalue weighted by molar-refractivity contribution is 8.01. The number of aliphatic hydroxyl groups is 1. The predicted molar refractivity (Wildman–Crippen MR) is 101 cm³/mol. The molecule has 28 heavy (non-hydrogen) atoms. The van der Waals surface area contributed by atoms with E-state index in [1.165, 1.54) is 28.8 Å². The number of nitrogens with zero attached hydrogens (tertiary/aromatic N) is 1. The van der Waals surface area contributed by atoms with Crippen molar-refractivity contribution in [1.29, 1.82) is 0 Å². The van der Waals surface area contributed by atoms with Gasteiger partial charge in [-0.15, -0.1) is 11.8 Å². The van der Waals surface area contributed by atoms with E-state index in [1.54, 1.807) is 32.0 Å². The van der Waals surface area contributed by atoms with Gasteiger partial charge in [0.15, 0.2) is 0 Å². The van der Waals surface area contributed by atoms with Crippen molar-refractivity contribution in [2.45, 2.75) is 41.8 Å². The zero-order chi connectivity index (χ0) is 18.6. The number of carbonyl (C=O) groups is 3. The van der Waals surface area contributed by atoms with Crippen molar-refractivity contribution in [2.24, 2.45) is 5.73 Å². The van der Waals surface area contributed by atoms with Gasteiger partial charge in [0.25, 0.3) is 5.91 Å². The molecule has 0 aromatic heterocycles. The summed E-state index contributed by atoms with van der Waals surface area (Å²) in [4.78, 5) is 37.5. The molecule has 2 amide bonds. The predicted octanol–water partition coefficient (Wildman–Crippen LogP) is -3.05. The summed E-state index contributed by atoms with van der Waals surface area (Å²) in [7, 11) is 0. The maximum atomic E-state index is 12.4. The van der Waals surface area contributed by atoms with Gasteiger partial charge in [0.05, 0.1) is 0 Å². The Labute approximate surface area is 164 Å². The third-order valence-electron chi connectivity index (χ3n) is 4.52. The molecule has 4 atom stereocenters. The lowest BCUT2D eigenvalue weighted by molar-refractivity contribution is -0.162. The molecule has 1 aromatic carbocycles. The second-order valence-corrected chi connectivity index (χ2v) is 8.45. The first-order valence-corrected chi connectivity index (χ1v) is 8.56. The molecule has 2 saturated heterocycles. The van der Waals surface area contributed by atoms with E-state index in [9.17, 15) is 24.6 Å². The summed E-state index contributed by atoms with van der Waals surface area (Å²) in [5, 5.41) is 21.7. The Morgan fingerprint density at radius 1 is 1.21 bits per heavy atom. The first-order valence-electron chi connectivity index (χ1n) is 7.68. The Morgan fingerprint density at radius 3 is 2.25 bits per heavy atom. The maximum absolute atomic E-state index is 12.4. The molecule has 0 bridgehead atoms. The van der Waals surface area contributed by atoms with Crippen LogP contribution in [-0.4, -0.2) is 71.5 Å². The fraction of sp³-hybridized carbons (Fsp3) is 0.438. The molecule has 0 radical (unpaired) electrons. The lowest BCUT2D eigenvalue weighted by Crippen LogP contribution is -2.72. The number of rotatable bonds is 4. The van der Waals surface area contributed by atoms with Crippen molar-refractivity contribution >= 4 is 29.5 Å². The topological polar surface area (TPSA) is 227 Å². The van der Waals surface area contributed by atoms with E-state index in [0.717, 1.165) is 0 Å². The van der Waals surface area contributed by atoms with Crippen molar-refractivity contribution in [3.63, 3.8) is 0 Å². The molecule has 1 aromatic rings. The van der Waals surface area contributed by atoms with Gasteiger partial charge in [0.1, 0.15) is 17.5 Å². The average molecular weight is 419 g/mol. The number of hydrogen-bond donors (Lipinski definition) is 4. The van der Waals surface area contributed by atoms with E-state index in [4.69, 9.17) is 5.73 Å². The highest BCUT2D eigenvalue weighted by atomic mass is 32.2. The van der Waals surface area contributed by atoms with Crippen LogP contribution in [0.3, 0.4) is 0 Å². The number of β-lactam (4-membered cyclic amide) rings is 1. The lowest BCUT2D eigenvalue weighted by atomic mass is 9.95. The van der Waals surface area contributed by atoms with Gasteiger partial charge < -0.3 is 36.9 Å². The molecule has 2 aliphatic rings. The molecule has 0 saturated carbocycles. The standard InChI is InChI=1S/C16H19N3O5S.3H2O/c1-15(2)10(13(21)22)19-11(20)9(12(19)25-15)18-14(23)16(17,24)8-6-4-3-5-7-8;;;/h3-7,9-10,12,24H,17H2,1-2H3,(H,18,23)(H,21,22);3*1H2/t9-,10+,12-,16?;;;/m1.../s1. The van der Waals surface area contributed by atoms with Crippen LogP contribution in [0.1, 0.15) is 19.4 Å². The largest absolute Gasteiger partial charge is 0.480 e. The van der Waals surface area contributed by atoms with Gasteiger partial charge in [-0.3, -0.25) is 15.3 Å². The fourth-order valence-electron chi connectivity index (χ4n) is 3.22. The molecule has 0 aliphatic carbocycles. The van der Waals surface area contributed by atoms with Gasteiger partial charge in [0.2, 0.25) is 11.6 Å². The lowest BCUT2D eigenvalue weighted by Gasteiger charge is -2.44. The molecule has 2 heterocycles. The van der Waals surface area contributed by atoms with Crippen LogP contribution in [0.15, 0.2) is 30.3 Å². The number of nitrogens with two attached hydrogens (primary N) is 1. The van der Waals surface area contributed by atoms with Gasteiger partial charge >= 0.3 is 5.97 Å². The number of carboxylic acid groups (broad SMARTS) is 1. The third kappa shape index (κ3) is 3.83. The number of amides is 2. The number of hydrogen-bond acceptors (Lipinski definition) is 6. The number of fused-ring (bicyclic) bond motifs is 1. The summed E-state index contributed by atoms with van der Waals surface area (Å²) in [6.07, 6.45) is 0. The minimum absolute atomic E-state index is 0. The number of carboxylic acids is 1. The van der Waals surface area contributed by atoms with Gasteiger partial charge in [-0.2, -0.15) is 0 Å². The monoisotopic (exact) mass is 419 g/mol. The van der Waals surface area contributed by atoms with E-state index in [-0.39, 0.29) is 22.0 Å². The third-order valence-corrected chi connectivity index (χ3v) is 6.09. The van der Waals surface area contributed by atoms with Crippen molar-refractivity contribution in [3.8, 4) is 0 Å². The van der Waals surface area contributed by atoms with Crippen LogP contribution in [-0.2, 0) is 20.1 Å². The van der Waals surface area contributed by atoms with Crippen molar-refractivity contribution in [2.75, 3.05) is 0 Å². The number of nitrogens with one attached hydrogen (secondary N) is 1. The number of carbonyl (C=O) groups excluding carboxylic acids is 2. The Bertz CT molecular complexity index is 743. The van der Waals surface area contributed by atoms with E-state index < -0.39 is 45.7 Å². The Balaban J connectivity index is 0.00000243. The van der Waals surface area contributed by atoms with Gasteiger partial charge in [0, 0.05) is 10.3 Å². The van der Waals surface area contributed by atoms with Crippen LogP contribution in [0, 0.1) is 0 Å². The van der Waals surface area contributed by atoms with E-state index in [0.29, 0.717) is 0 Å². The summed E-state index contributed by atoms with van der Waals surface area (Å²) >= 11 is 1.30. The molecule has 11 nitrogen and oxygen atoms in total. The van der Waals surface area contributed by atoms with Crippen LogP contribution >= 0.6 is 11.8 Å². The molecule has 11 N–H and O–H groups in total. The summed E-state index contributed by atoms with van der Waals surface area (Å²) in [6, 6.07) is 6.10. The first kappa shape index (κ1) is 25.8. The fourth-order valence-corrected chi connectivity index (χ4v) is 4.85. The molecule has 0 spiro atoms. The highest BCUT2D eigenvalue weighted by Crippen LogP contribution is 2.50. The van der Waals surface area contributed by atoms with Crippen LogP contribution in [0.2, 0.25) is 0 Å². The minimum Gasteiger partial charge on any atom is -0.480 e. The highest BCUT2D eigenvalue weighted by Gasteiger charge is 2.64. The van der Waals surface area contributed by atoms with E-state index >= 15 is 0 Å². The molecular formula is C16H25N3O8S. The summed E-state index contributed by atoms with van der Waals surface area (Å²) in [6.45, 7) is 3.48. The van der Waals surface area contributed by atoms with Crippen molar-refractivity contribution in [1.82, 2.24) is 10.2 Å². The quantitative estimate of drug-likeness (QED) is 0.290. The molecular weight excluding hydrogens is 394 g/mol. The average Bonchev–Trinajstić information content (AvgIpc) is 2.81. The van der Waals surface area contributed by atoms with E-state index in [1.807, 2.05) is 0 Å². The summed E-state index contributed by atoms with van der Waals surface area (Å²) < 4.78 is -0.690. The van der Waals surface area contributed by atoms with Gasteiger partial charge in [-0.1, -0.05) is 30.3 Å². The van der Waals surface area contributed by atoms with Crippen molar-refractivity contribution < 1.29 is 41.0 Å². The minimum atomic E-state index is -2.28. The Hall–Kier alpha value is -2.22. The van der Waals surface area contributed by atoms with Gasteiger partial charge in [-0.25, -0.2) is 4.79 Å². The molecule has 3 rings (SSSR count). The van der Waals surface area contributed by atoms with Gasteiger partial charge in [-0.05, 0) is 13.8 Å². The van der Waals surface area contributed by atoms with Crippen LogP contribution in [0.25, 0.3) is 0 Å². The maximum Gasteiger partial charge on any atom is 0.327 e. The molecule has 12 heteroatoms. The second kappa shape index (κ2) is 8.43. The number of benzene rings is 1. The van der Waals surface area contributed by atoms with E-state index in [2.05, 4.69) is 5.32 Å². The number of thioether (sulfide) groups is 1. The van der Waals surface area contributed by atoms with Crippen LogP contribution in [0.5, 0.6) is 0 Å². The molecule has 2 fully saturated rings. The van der Waals surface area contributed by atoms with Crippen molar-refractivity contribution in [3.05, 3.63) is 35.9 Å². The molecule has 1 unspecified atom stereocenters. The normalized spacial score (nSPS) is 26.2. The first-order chi connectivity index (χ1) is 11.6. The summed E-state index contributed by atoms with van der Waals surface area (Å²) in [5.74, 6) is -2.49. The SMILES string of the molecule is CC1(C)S[C@@H]2[C@H](NC(=O)C(N)(O)c3ccccc3)C(=O)N2[C@H]1C(=O)O.O.O.O. The number of aliphatic carboxylic acids is 1. The summed E-state index contributed by atoms with van der Waals surface area (Å²) in [5.41, 5.74) is 3.65.